The second kappa shape index (κ2) is 12.7. The van der Waals surface area contributed by atoms with Crippen LogP contribution in [0.25, 0.3) is 11.4 Å². The van der Waals surface area contributed by atoms with E-state index in [9.17, 15) is 0 Å². The predicted octanol–water partition coefficient (Wildman–Crippen LogP) is 4.22. The van der Waals surface area contributed by atoms with E-state index in [4.69, 9.17) is 32.7 Å². The van der Waals surface area contributed by atoms with Crippen LogP contribution in [0.4, 0.5) is 17.5 Å². The number of halogens is 2. The molecular formula is C27H29Cl2N9O2. The first-order valence-electron chi connectivity index (χ1n) is 12.7. The number of ether oxygens (including phenoxy) is 2. The number of methoxy groups -OCH3 is 2. The van der Waals surface area contributed by atoms with Crippen LogP contribution in [0.5, 0.6) is 0 Å². The minimum atomic E-state index is -0.783. The monoisotopic (exact) mass is 581 g/mol. The van der Waals surface area contributed by atoms with Gasteiger partial charge in [0.25, 0.3) is 0 Å². The molecule has 1 fully saturated rings. The predicted molar refractivity (Wildman–Crippen MR) is 154 cm³/mol. The molecule has 40 heavy (non-hydrogen) atoms. The average Bonchev–Trinajstić information content (AvgIpc) is 3.44. The van der Waals surface area contributed by atoms with Gasteiger partial charge in [-0.05, 0) is 38.4 Å². The van der Waals surface area contributed by atoms with Crippen LogP contribution < -0.4 is 16.0 Å². The van der Waals surface area contributed by atoms with E-state index in [1.807, 2.05) is 16.9 Å². The number of piperidine rings is 1. The van der Waals surface area contributed by atoms with Gasteiger partial charge in [0, 0.05) is 31.6 Å². The van der Waals surface area contributed by atoms with E-state index < -0.39 is 11.5 Å². The van der Waals surface area contributed by atoms with Gasteiger partial charge >= 0.3 is 0 Å². The van der Waals surface area contributed by atoms with Crippen LogP contribution in [0.15, 0.2) is 59.6 Å². The molecule has 1 aliphatic carbocycles. The van der Waals surface area contributed by atoms with Crippen LogP contribution >= 0.6 is 23.2 Å². The molecule has 3 aromatic heterocycles. The number of nitrogens with one attached hydrogen (secondary N) is 3. The van der Waals surface area contributed by atoms with Crippen LogP contribution in [0.2, 0.25) is 0 Å². The second-order valence-electron chi connectivity index (χ2n) is 9.29. The zero-order valence-electron chi connectivity index (χ0n) is 22.2. The molecule has 0 bridgehead atoms. The minimum Gasteiger partial charge on any atom is -0.495 e. The normalized spacial score (nSPS) is 22.9. The number of pyridine rings is 1. The lowest BCUT2D eigenvalue weighted by Gasteiger charge is -2.28. The number of alkyl halides is 1. The summed E-state index contributed by atoms with van der Waals surface area (Å²) < 4.78 is 12.8. The molecule has 3 aromatic rings. The molecule has 208 valence electrons. The summed E-state index contributed by atoms with van der Waals surface area (Å²) in [4.78, 5) is 17.8. The van der Waals surface area contributed by atoms with Crippen molar-refractivity contribution >= 4 is 40.7 Å². The summed E-state index contributed by atoms with van der Waals surface area (Å²) in [6, 6.07) is 4.44. The summed E-state index contributed by atoms with van der Waals surface area (Å²) in [5, 5.41) is 14.0. The fourth-order valence-corrected chi connectivity index (χ4v) is 5.08. The molecule has 0 amide bonds. The molecule has 0 saturated carbocycles. The van der Waals surface area contributed by atoms with Crippen molar-refractivity contribution < 1.29 is 9.47 Å². The van der Waals surface area contributed by atoms with E-state index in [1.54, 1.807) is 31.6 Å². The molecule has 1 aliphatic heterocycles. The highest BCUT2D eigenvalue weighted by atomic mass is 35.5. The maximum atomic E-state index is 6.70. The highest BCUT2D eigenvalue weighted by Crippen LogP contribution is 2.31. The summed E-state index contributed by atoms with van der Waals surface area (Å²) in [7, 11) is 3.06. The van der Waals surface area contributed by atoms with Gasteiger partial charge in [-0.1, -0.05) is 23.4 Å². The molecule has 11 nitrogen and oxygen atoms in total. The Hall–Kier alpha value is -3.69. The van der Waals surface area contributed by atoms with E-state index in [0.29, 0.717) is 46.7 Å². The lowest BCUT2D eigenvalue weighted by atomic mass is 10.0. The van der Waals surface area contributed by atoms with Crippen molar-refractivity contribution in [3.05, 3.63) is 59.6 Å². The number of anilines is 3. The topological polar surface area (TPSA) is 124 Å². The third kappa shape index (κ3) is 6.37. The maximum absolute atomic E-state index is 6.70. The Labute approximate surface area is 242 Å². The fraction of sp³-hybridized carbons (Fsp3) is 0.370. The fourth-order valence-electron chi connectivity index (χ4n) is 4.50. The van der Waals surface area contributed by atoms with Gasteiger partial charge in [-0.3, -0.25) is 4.68 Å². The first-order valence-corrected chi connectivity index (χ1v) is 13.6. The summed E-state index contributed by atoms with van der Waals surface area (Å²) in [5.41, 5.74) is 1.81. The average molecular weight is 582 g/mol. The largest absolute Gasteiger partial charge is 0.495 e. The van der Waals surface area contributed by atoms with Crippen LogP contribution in [0.3, 0.4) is 0 Å². The quantitative estimate of drug-likeness (QED) is 0.263. The Morgan fingerprint density at radius 2 is 2.05 bits per heavy atom. The van der Waals surface area contributed by atoms with Crippen molar-refractivity contribution in [2.75, 3.05) is 31.4 Å². The van der Waals surface area contributed by atoms with Crippen LogP contribution in [0.1, 0.15) is 25.8 Å². The summed E-state index contributed by atoms with van der Waals surface area (Å²) in [6.07, 6.45) is 10.0. The van der Waals surface area contributed by atoms with Crippen LogP contribution in [0, 0.1) is 11.8 Å². The lowest BCUT2D eigenvalue weighted by Crippen LogP contribution is -2.36. The highest BCUT2D eigenvalue weighted by Gasteiger charge is 2.23. The first kappa shape index (κ1) is 27.9. The molecule has 0 radical (unpaired) electrons. The molecule has 0 spiro atoms. The number of aromatic nitrogens is 6. The smallest absolute Gasteiger partial charge is 0.230 e. The summed E-state index contributed by atoms with van der Waals surface area (Å²) >= 11 is 13.3. The molecule has 4 unspecified atom stereocenters. The van der Waals surface area contributed by atoms with Crippen molar-refractivity contribution in [2.24, 2.45) is 0 Å². The van der Waals surface area contributed by atoms with Crippen molar-refractivity contribution in [1.82, 2.24) is 35.0 Å². The van der Waals surface area contributed by atoms with Crippen molar-refractivity contribution in [2.45, 2.75) is 43.3 Å². The van der Waals surface area contributed by atoms with Crippen molar-refractivity contribution in [3.8, 4) is 23.2 Å². The third-order valence-corrected chi connectivity index (χ3v) is 7.25. The van der Waals surface area contributed by atoms with Gasteiger partial charge in [-0.25, -0.2) is 15.0 Å². The van der Waals surface area contributed by atoms with E-state index >= 15 is 0 Å². The SMILES string of the molecule is COC1=CC(OC)C#CC(Cl)C(Nc2ncccc2-c2ncnc(Nc3cnn(C4CCNC(C)C4)c3)n2)=C1Cl. The highest BCUT2D eigenvalue weighted by molar-refractivity contribution is 6.34. The Balaban J connectivity index is 1.39. The Morgan fingerprint density at radius 3 is 2.85 bits per heavy atom. The van der Waals surface area contributed by atoms with Gasteiger partial charge in [0.2, 0.25) is 5.95 Å². The molecule has 5 rings (SSSR count). The molecule has 0 aromatic carbocycles. The van der Waals surface area contributed by atoms with E-state index in [-0.39, 0.29) is 5.03 Å². The third-order valence-electron chi connectivity index (χ3n) is 6.54. The number of nitrogens with zero attached hydrogens (tertiary/aromatic N) is 6. The first-order chi connectivity index (χ1) is 19.4. The van der Waals surface area contributed by atoms with Crippen LogP contribution in [-0.4, -0.2) is 68.0 Å². The Morgan fingerprint density at radius 1 is 1.18 bits per heavy atom. The standard InChI is InChI=1S/C27H29Cl2N9O2/c1-16-11-18(8-10-30-16)38-14-17(13-34-38)35-27-33-15-32-26(37-27)20-5-4-9-31-25(20)36-24-21(28)7-6-19(39-2)12-22(40-3)23(24)29/h4-5,9,12-16,18-19,21,30H,8,10-11H2,1-3H3,(H,31,36)(H,32,33,35,37). The number of hydrogen-bond acceptors (Lipinski definition) is 10. The maximum Gasteiger partial charge on any atom is 0.230 e. The van der Waals surface area contributed by atoms with Gasteiger partial charge < -0.3 is 25.4 Å². The van der Waals surface area contributed by atoms with Gasteiger partial charge in [-0.15, -0.1) is 11.6 Å². The molecule has 2 aliphatic rings. The zero-order chi connectivity index (χ0) is 28.1. The van der Waals surface area contributed by atoms with E-state index in [1.165, 1.54) is 13.4 Å². The minimum absolute atomic E-state index is 0.258. The van der Waals surface area contributed by atoms with Gasteiger partial charge in [-0.2, -0.15) is 10.1 Å². The van der Waals surface area contributed by atoms with E-state index in [2.05, 4.69) is 59.7 Å². The van der Waals surface area contributed by atoms with Crippen LogP contribution in [-0.2, 0) is 9.47 Å². The van der Waals surface area contributed by atoms with Gasteiger partial charge in [0.15, 0.2) is 5.82 Å². The zero-order valence-corrected chi connectivity index (χ0v) is 23.7. The molecule has 4 heterocycles. The van der Waals surface area contributed by atoms with E-state index in [0.717, 1.165) is 25.1 Å². The molecule has 4 atom stereocenters. The van der Waals surface area contributed by atoms with Crippen molar-refractivity contribution in [1.29, 1.82) is 0 Å². The molecule has 13 heteroatoms. The number of hydrogen-bond donors (Lipinski definition) is 3. The summed E-state index contributed by atoms with van der Waals surface area (Å²) in [6.45, 7) is 3.16. The Kier molecular flexibility index (Phi) is 8.81. The Bertz CT molecular complexity index is 1480. The van der Waals surface area contributed by atoms with Gasteiger partial charge in [0.05, 0.1) is 36.3 Å². The molecular weight excluding hydrogens is 553 g/mol. The number of rotatable bonds is 8. The lowest BCUT2D eigenvalue weighted by molar-refractivity contribution is 0.178. The molecule has 3 N–H and O–H groups in total. The van der Waals surface area contributed by atoms with Gasteiger partial charge in [0.1, 0.15) is 34.4 Å². The summed E-state index contributed by atoms with van der Waals surface area (Å²) in [5.74, 6) is 7.49. The number of allylic oxidation sites excluding steroid dienone is 2. The molecule has 1 saturated heterocycles. The second-order valence-corrected chi connectivity index (χ2v) is 10.1. The van der Waals surface area contributed by atoms with Crippen molar-refractivity contribution in [3.63, 3.8) is 0 Å².